The molecule has 7 nitrogen and oxygen atoms in total. The first-order chi connectivity index (χ1) is 20.7. The molecule has 0 aliphatic carbocycles. The van der Waals surface area contributed by atoms with Crippen LogP contribution in [-0.4, -0.2) is 52.8 Å². The molecule has 13 heteroatoms. The molecule has 234 valence electrons. The molecule has 0 atom stereocenters. The van der Waals surface area contributed by atoms with Gasteiger partial charge in [0.2, 0.25) is 11.8 Å². The first-order valence-corrected chi connectivity index (χ1v) is 14.2. The van der Waals surface area contributed by atoms with Gasteiger partial charge in [0.15, 0.2) is 0 Å². The van der Waals surface area contributed by atoms with E-state index in [-0.39, 0.29) is 60.0 Å². The molecule has 44 heavy (non-hydrogen) atoms. The van der Waals surface area contributed by atoms with Crippen LogP contribution >= 0.6 is 0 Å². The van der Waals surface area contributed by atoms with E-state index in [0.29, 0.717) is 49.6 Å². The van der Waals surface area contributed by atoms with Gasteiger partial charge in [0.1, 0.15) is 11.3 Å². The summed E-state index contributed by atoms with van der Waals surface area (Å²) in [5.74, 6) is -0.341. The standard InChI is InChI=1S/C31H30F6N4O3/c1-18-6-3-4-7-24(18)26-25-27(39-29(38-26)40-11-8-21(9-12-40)19(2)42)44-13-5-10-41(28(25)43)17-20-14-22(30(32,33)34)16-23(15-20)31(35,36)37/h3-4,6-7,14-16,21H,5,8-13,17H2,1-2H3. The quantitative estimate of drug-likeness (QED) is 0.295. The van der Waals surface area contributed by atoms with Crippen molar-refractivity contribution in [3.63, 3.8) is 0 Å². The van der Waals surface area contributed by atoms with E-state index in [1.165, 1.54) is 4.90 Å². The minimum Gasteiger partial charge on any atom is -0.477 e. The van der Waals surface area contributed by atoms with Crippen molar-refractivity contribution >= 4 is 17.6 Å². The zero-order chi connectivity index (χ0) is 31.8. The molecule has 0 radical (unpaired) electrons. The molecule has 0 spiro atoms. The van der Waals surface area contributed by atoms with Crippen LogP contribution in [0.25, 0.3) is 11.3 Å². The summed E-state index contributed by atoms with van der Waals surface area (Å²) in [5, 5.41) is 0. The van der Waals surface area contributed by atoms with Crippen LogP contribution in [0.4, 0.5) is 32.3 Å². The molecule has 0 unspecified atom stereocenters. The maximum Gasteiger partial charge on any atom is 0.416 e. The van der Waals surface area contributed by atoms with E-state index in [4.69, 9.17) is 9.72 Å². The van der Waals surface area contributed by atoms with Gasteiger partial charge in [-0.1, -0.05) is 24.3 Å². The van der Waals surface area contributed by atoms with Crippen LogP contribution in [0, 0.1) is 12.8 Å². The number of ketones is 1. The van der Waals surface area contributed by atoms with Crippen molar-refractivity contribution in [1.82, 2.24) is 14.9 Å². The van der Waals surface area contributed by atoms with Crippen molar-refractivity contribution in [1.29, 1.82) is 0 Å². The Hall–Kier alpha value is -4.16. The average Bonchev–Trinajstić information content (AvgIpc) is 2.96. The zero-order valence-electron chi connectivity index (χ0n) is 24.1. The molecule has 2 aliphatic rings. The van der Waals surface area contributed by atoms with E-state index in [9.17, 15) is 35.9 Å². The van der Waals surface area contributed by atoms with Gasteiger partial charge in [-0.3, -0.25) is 9.59 Å². The summed E-state index contributed by atoms with van der Waals surface area (Å²) in [4.78, 5) is 38.5. The number of aryl methyl sites for hydroxylation is 1. The van der Waals surface area contributed by atoms with Crippen LogP contribution in [0.15, 0.2) is 42.5 Å². The van der Waals surface area contributed by atoms with Crippen molar-refractivity contribution in [3.8, 4) is 17.1 Å². The van der Waals surface area contributed by atoms with Gasteiger partial charge in [0, 0.05) is 37.7 Å². The molecule has 0 saturated carbocycles. The number of ether oxygens (including phenoxy) is 1. The summed E-state index contributed by atoms with van der Waals surface area (Å²) in [5.41, 5.74) is -1.61. The van der Waals surface area contributed by atoms with E-state index < -0.39 is 35.9 Å². The number of anilines is 1. The SMILES string of the molecule is CC(=O)C1CCN(c2nc3c(c(-c4ccccc4C)n2)C(=O)N(Cc2cc(C(F)(F)F)cc(C(F)(F)F)c2)CCCO3)CC1. The summed E-state index contributed by atoms with van der Waals surface area (Å²) in [6.07, 6.45) is -8.55. The van der Waals surface area contributed by atoms with Gasteiger partial charge in [-0.25, -0.2) is 4.98 Å². The number of rotatable bonds is 5. The van der Waals surface area contributed by atoms with Gasteiger partial charge >= 0.3 is 12.4 Å². The highest BCUT2D eigenvalue weighted by atomic mass is 19.4. The van der Waals surface area contributed by atoms with Crippen LogP contribution in [0.1, 0.15) is 58.8 Å². The fourth-order valence-electron chi connectivity index (χ4n) is 5.55. The molecule has 2 aromatic carbocycles. The third kappa shape index (κ3) is 6.66. The van der Waals surface area contributed by atoms with Gasteiger partial charge in [0.05, 0.1) is 23.4 Å². The fourth-order valence-corrected chi connectivity index (χ4v) is 5.55. The number of nitrogens with zero attached hydrogens (tertiary/aromatic N) is 4. The second kappa shape index (κ2) is 12.1. The van der Waals surface area contributed by atoms with Gasteiger partial charge < -0.3 is 14.5 Å². The molecule has 5 rings (SSSR count). The van der Waals surface area contributed by atoms with E-state index in [1.54, 1.807) is 19.1 Å². The van der Waals surface area contributed by atoms with E-state index in [2.05, 4.69) is 4.98 Å². The van der Waals surface area contributed by atoms with Crippen molar-refractivity contribution < 1.29 is 40.7 Å². The number of piperidine rings is 1. The van der Waals surface area contributed by atoms with Crippen molar-refractivity contribution in [2.75, 3.05) is 31.1 Å². The average molecular weight is 621 g/mol. The largest absolute Gasteiger partial charge is 0.477 e. The zero-order valence-corrected chi connectivity index (χ0v) is 24.1. The Morgan fingerprint density at radius 1 is 0.955 bits per heavy atom. The summed E-state index contributed by atoms with van der Waals surface area (Å²) in [6, 6.07) is 8.50. The molecule has 0 bridgehead atoms. The maximum absolute atomic E-state index is 14.1. The lowest BCUT2D eigenvalue weighted by molar-refractivity contribution is -0.143. The van der Waals surface area contributed by atoms with Crippen LogP contribution in [0.2, 0.25) is 0 Å². The second-order valence-electron chi connectivity index (χ2n) is 11.1. The number of benzene rings is 2. The Morgan fingerprint density at radius 3 is 2.18 bits per heavy atom. The number of carbonyl (C=O) groups is 2. The molecule has 3 heterocycles. The molecule has 2 aliphatic heterocycles. The minimum atomic E-state index is -5.02. The second-order valence-corrected chi connectivity index (χ2v) is 11.1. The number of hydrogen-bond donors (Lipinski definition) is 0. The number of hydrogen-bond acceptors (Lipinski definition) is 6. The van der Waals surface area contributed by atoms with E-state index >= 15 is 0 Å². The number of halogens is 6. The molecule has 1 aromatic heterocycles. The Morgan fingerprint density at radius 2 is 1.59 bits per heavy atom. The monoisotopic (exact) mass is 620 g/mol. The first kappa shape index (κ1) is 31.3. The van der Waals surface area contributed by atoms with Gasteiger partial charge in [0.25, 0.3) is 5.91 Å². The molecule has 1 saturated heterocycles. The molecular weight excluding hydrogens is 590 g/mol. The number of alkyl halides is 6. The number of amides is 1. The summed E-state index contributed by atoms with van der Waals surface area (Å²) < 4.78 is 87.2. The topological polar surface area (TPSA) is 75.6 Å². The lowest BCUT2D eigenvalue weighted by Crippen LogP contribution is -2.38. The Balaban J connectivity index is 1.58. The summed E-state index contributed by atoms with van der Waals surface area (Å²) >= 11 is 0. The predicted octanol–water partition coefficient (Wildman–Crippen LogP) is 6.72. The smallest absolute Gasteiger partial charge is 0.416 e. The van der Waals surface area contributed by atoms with Crippen LogP contribution in [0.5, 0.6) is 5.88 Å². The summed E-state index contributed by atoms with van der Waals surface area (Å²) in [7, 11) is 0. The molecule has 1 fully saturated rings. The first-order valence-electron chi connectivity index (χ1n) is 14.2. The van der Waals surface area contributed by atoms with Gasteiger partial charge in [-0.15, -0.1) is 0 Å². The van der Waals surface area contributed by atoms with Crippen LogP contribution in [0.3, 0.4) is 0 Å². The van der Waals surface area contributed by atoms with Crippen molar-refractivity contribution in [2.24, 2.45) is 5.92 Å². The summed E-state index contributed by atoms with van der Waals surface area (Å²) in [6.45, 7) is 4.02. The van der Waals surface area contributed by atoms with Crippen LogP contribution < -0.4 is 9.64 Å². The van der Waals surface area contributed by atoms with E-state index in [0.717, 1.165) is 5.56 Å². The Kier molecular flexibility index (Phi) is 8.59. The number of fused-ring (bicyclic) bond motifs is 1. The highest BCUT2D eigenvalue weighted by molar-refractivity contribution is 6.02. The predicted molar refractivity (Wildman–Crippen MR) is 149 cm³/mol. The number of Topliss-reactive ketones (excluding diaryl/α,β-unsaturated/α-hetero) is 1. The normalized spacial score (nSPS) is 16.7. The third-order valence-electron chi connectivity index (χ3n) is 7.95. The maximum atomic E-state index is 14.1. The molecular formula is C31H30F6N4O3. The van der Waals surface area contributed by atoms with E-state index in [1.807, 2.05) is 24.0 Å². The number of aromatic nitrogens is 2. The number of carbonyl (C=O) groups excluding carboxylic acids is 2. The van der Waals surface area contributed by atoms with Gasteiger partial charge in [-0.05, 0) is 62.4 Å². The van der Waals surface area contributed by atoms with Crippen molar-refractivity contribution in [2.45, 2.75) is 52.0 Å². The Labute approximate surface area is 249 Å². The molecule has 1 amide bonds. The fraction of sp³-hybridized carbons (Fsp3) is 0.419. The third-order valence-corrected chi connectivity index (χ3v) is 7.95. The van der Waals surface area contributed by atoms with Crippen LogP contribution in [-0.2, 0) is 23.7 Å². The Bertz CT molecular complexity index is 1530. The lowest BCUT2D eigenvalue weighted by Gasteiger charge is -2.32. The van der Waals surface area contributed by atoms with Crippen molar-refractivity contribution in [3.05, 3.63) is 70.3 Å². The lowest BCUT2D eigenvalue weighted by atomic mass is 9.93. The highest BCUT2D eigenvalue weighted by Crippen LogP contribution is 2.38. The molecule has 0 N–H and O–H groups in total. The molecule has 3 aromatic rings. The minimum absolute atomic E-state index is 0.0170. The highest BCUT2D eigenvalue weighted by Gasteiger charge is 2.38. The van der Waals surface area contributed by atoms with Gasteiger partial charge in [-0.2, -0.15) is 31.3 Å².